The smallest absolute Gasteiger partial charge is 0.227 e. The molecule has 170 valence electrons. The molecule has 0 N–H and O–H groups in total. The number of aromatic nitrogens is 1. The van der Waals surface area contributed by atoms with Gasteiger partial charge in [-0.15, -0.1) is 0 Å². The zero-order valence-corrected chi connectivity index (χ0v) is 19.2. The normalized spacial score (nSPS) is 16.5. The highest BCUT2D eigenvalue weighted by Gasteiger charge is 2.31. The molecule has 1 aromatic heterocycles. The Labute approximate surface area is 196 Å². The summed E-state index contributed by atoms with van der Waals surface area (Å²) < 4.78 is 0. The van der Waals surface area contributed by atoms with Gasteiger partial charge < -0.3 is 9.80 Å². The van der Waals surface area contributed by atoms with Gasteiger partial charge in [0.25, 0.3) is 0 Å². The van der Waals surface area contributed by atoms with Gasteiger partial charge in [0, 0.05) is 45.0 Å². The second-order valence-corrected chi connectivity index (χ2v) is 8.58. The van der Waals surface area contributed by atoms with E-state index in [0.29, 0.717) is 39.0 Å². The van der Waals surface area contributed by atoms with E-state index in [9.17, 15) is 9.59 Å². The van der Waals surface area contributed by atoms with Crippen LogP contribution in [-0.2, 0) is 22.4 Å². The van der Waals surface area contributed by atoms with Crippen LogP contribution in [0.4, 0.5) is 0 Å². The molecule has 4 rings (SSSR count). The van der Waals surface area contributed by atoms with E-state index in [0.717, 1.165) is 28.7 Å². The van der Waals surface area contributed by atoms with Gasteiger partial charge in [-0.2, -0.15) is 0 Å². The SMILES string of the molecule is CCN1CCN(C(=O)CCc2ccccc2)C[C@@H](Cc2cccc(-c3ccncc3)c2)C1=O. The number of rotatable bonds is 7. The molecule has 3 aromatic rings. The first kappa shape index (κ1) is 22.7. The predicted molar refractivity (Wildman–Crippen MR) is 130 cm³/mol. The van der Waals surface area contributed by atoms with Gasteiger partial charge in [0.1, 0.15) is 0 Å². The van der Waals surface area contributed by atoms with Crippen LogP contribution in [0.25, 0.3) is 11.1 Å². The van der Waals surface area contributed by atoms with Gasteiger partial charge in [-0.05, 0) is 54.2 Å². The van der Waals surface area contributed by atoms with E-state index in [1.807, 2.05) is 53.1 Å². The highest BCUT2D eigenvalue weighted by molar-refractivity contribution is 5.82. The van der Waals surface area contributed by atoms with Crippen LogP contribution < -0.4 is 0 Å². The molecule has 0 spiro atoms. The van der Waals surface area contributed by atoms with E-state index in [1.165, 1.54) is 0 Å². The molecule has 0 radical (unpaired) electrons. The Morgan fingerprint density at radius 2 is 1.70 bits per heavy atom. The number of hydrogen-bond acceptors (Lipinski definition) is 3. The largest absolute Gasteiger partial charge is 0.341 e. The van der Waals surface area contributed by atoms with Crippen LogP contribution in [-0.4, -0.2) is 52.8 Å². The summed E-state index contributed by atoms with van der Waals surface area (Å²) in [5, 5.41) is 0. The second kappa shape index (κ2) is 10.9. The summed E-state index contributed by atoms with van der Waals surface area (Å²) in [6.07, 6.45) is 5.38. The Morgan fingerprint density at radius 3 is 2.45 bits per heavy atom. The van der Waals surface area contributed by atoms with Crippen LogP contribution >= 0.6 is 0 Å². The van der Waals surface area contributed by atoms with Crippen molar-refractivity contribution in [3.8, 4) is 11.1 Å². The number of hydrogen-bond donors (Lipinski definition) is 0. The lowest BCUT2D eigenvalue weighted by atomic mass is 9.95. The topological polar surface area (TPSA) is 53.5 Å². The summed E-state index contributed by atoms with van der Waals surface area (Å²) in [4.78, 5) is 34.2. The second-order valence-electron chi connectivity index (χ2n) is 8.58. The fourth-order valence-electron chi connectivity index (χ4n) is 4.50. The molecule has 0 saturated carbocycles. The minimum absolute atomic E-state index is 0.125. The van der Waals surface area contributed by atoms with E-state index < -0.39 is 0 Å². The van der Waals surface area contributed by atoms with Gasteiger partial charge in [0.2, 0.25) is 11.8 Å². The van der Waals surface area contributed by atoms with Gasteiger partial charge in [0.15, 0.2) is 0 Å². The van der Waals surface area contributed by atoms with Crippen molar-refractivity contribution >= 4 is 11.8 Å². The lowest BCUT2D eigenvalue weighted by Crippen LogP contribution is -2.38. The van der Waals surface area contributed by atoms with Gasteiger partial charge in [-0.1, -0.05) is 54.6 Å². The zero-order chi connectivity index (χ0) is 23.0. The first-order valence-electron chi connectivity index (χ1n) is 11.7. The van der Waals surface area contributed by atoms with E-state index in [2.05, 4.69) is 35.3 Å². The number of amides is 2. The van der Waals surface area contributed by atoms with Crippen LogP contribution in [0.5, 0.6) is 0 Å². The molecule has 0 unspecified atom stereocenters. The van der Waals surface area contributed by atoms with Crippen molar-refractivity contribution in [2.24, 2.45) is 5.92 Å². The first-order valence-corrected chi connectivity index (χ1v) is 11.7. The molecule has 2 heterocycles. The summed E-state index contributed by atoms with van der Waals surface area (Å²) in [5.41, 5.74) is 4.49. The number of benzene rings is 2. The molecule has 1 aliphatic rings. The van der Waals surface area contributed by atoms with E-state index >= 15 is 0 Å². The van der Waals surface area contributed by atoms with Crippen molar-refractivity contribution in [1.82, 2.24) is 14.8 Å². The minimum atomic E-state index is -0.235. The average Bonchev–Trinajstić information content (AvgIpc) is 3.02. The Kier molecular flexibility index (Phi) is 7.51. The third-order valence-corrected chi connectivity index (χ3v) is 6.37. The minimum Gasteiger partial charge on any atom is -0.341 e. The molecular formula is C28H31N3O2. The molecule has 33 heavy (non-hydrogen) atoms. The average molecular weight is 442 g/mol. The van der Waals surface area contributed by atoms with Crippen LogP contribution in [0.3, 0.4) is 0 Å². The third-order valence-electron chi connectivity index (χ3n) is 6.37. The Balaban J connectivity index is 1.48. The molecule has 2 amide bonds. The van der Waals surface area contributed by atoms with E-state index in [4.69, 9.17) is 0 Å². The molecule has 1 saturated heterocycles. The van der Waals surface area contributed by atoms with Crippen LogP contribution in [0.15, 0.2) is 79.1 Å². The molecular weight excluding hydrogens is 410 g/mol. The van der Waals surface area contributed by atoms with Crippen LogP contribution in [0, 0.1) is 5.92 Å². The lowest BCUT2D eigenvalue weighted by Gasteiger charge is -2.24. The van der Waals surface area contributed by atoms with Crippen molar-refractivity contribution in [1.29, 1.82) is 0 Å². The zero-order valence-electron chi connectivity index (χ0n) is 19.2. The summed E-state index contributed by atoms with van der Waals surface area (Å²) in [5.74, 6) is 0.0335. The molecule has 0 bridgehead atoms. The van der Waals surface area contributed by atoms with Crippen molar-refractivity contribution in [2.45, 2.75) is 26.2 Å². The number of aryl methyl sites for hydroxylation is 1. The fourth-order valence-corrected chi connectivity index (χ4v) is 4.50. The van der Waals surface area contributed by atoms with Gasteiger partial charge in [0.05, 0.1) is 5.92 Å². The molecule has 2 aromatic carbocycles. The standard InChI is InChI=1S/C28H31N3O2/c1-2-30-17-18-31(27(32)12-11-22-7-4-3-5-8-22)21-26(28(30)33)20-23-9-6-10-25(19-23)24-13-15-29-16-14-24/h3-10,13-16,19,26H,2,11-12,17-18,20-21H2,1H3/t26-/m1/s1. The number of nitrogens with zero attached hydrogens (tertiary/aromatic N) is 3. The Bertz CT molecular complexity index is 1070. The molecule has 1 fully saturated rings. The fraction of sp³-hybridized carbons (Fsp3) is 0.321. The van der Waals surface area contributed by atoms with Crippen molar-refractivity contribution in [2.75, 3.05) is 26.2 Å². The summed E-state index contributed by atoms with van der Waals surface area (Å²) in [6.45, 7) is 4.34. The number of pyridine rings is 1. The van der Waals surface area contributed by atoms with E-state index in [1.54, 1.807) is 12.4 Å². The highest BCUT2D eigenvalue weighted by Crippen LogP contribution is 2.23. The summed E-state index contributed by atoms with van der Waals surface area (Å²) in [6, 6.07) is 22.4. The van der Waals surface area contributed by atoms with Gasteiger partial charge in [-0.3, -0.25) is 14.6 Å². The summed E-state index contributed by atoms with van der Waals surface area (Å²) >= 11 is 0. The maximum Gasteiger partial charge on any atom is 0.227 e. The lowest BCUT2D eigenvalue weighted by molar-refractivity contribution is -0.134. The highest BCUT2D eigenvalue weighted by atomic mass is 16.2. The maximum atomic E-state index is 13.3. The van der Waals surface area contributed by atoms with Crippen molar-refractivity contribution in [3.63, 3.8) is 0 Å². The predicted octanol–water partition coefficient (Wildman–Crippen LogP) is 4.23. The first-order chi connectivity index (χ1) is 16.1. The Morgan fingerprint density at radius 1 is 0.939 bits per heavy atom. The van der Waals surface area contributed by atoms with Crippen LogP contribution in [0.1, 0.15) is 24.5 Å². The van der Waals surface area contributed by atoms with E-state index in [-0.39, 0.29) is 17.7 Å². The maximum absolute atomic E-state index is 13.3. The van der Waals surface area contributed by atoms with Crippen molar-refractivity contribution < 1.29 is 9.59 Å². The molecule has 5 heteroatoms. The quantitative estimate of drug-likeness (QED) is 0.551. The van der Waals surface area contributed by atoms with Gasteiger partial charge >= 0.3 is 0 Å². The Hall–Kier alpha value is -3.47. The third kappa shape index (κ3) is 5.86. The molecule has 0 aliphatic carbocycles. The van der Waals surface area contributed by atoms with Crippen molar-refractivity contribution in [3.05, 3.63) is 90.3 Å². The monoisotopic (exact) mass is 441 g/mol. The number of likely N-dealkylation sites (N-methyl/N-ethyl adjacent to an activating group) is 1. The van der Waals surface area contributed by atoms with Crippen LogP contribution in [0.2, 0.25) is 0 Å². The molecule has 5 nitrogen and oxygen atoms in total. The molecule has 1 atom stereocenters. The molecule has 1 aliphatic heterocycles. The number of carbonyl (C=O) groups excluding carboxylic acids is 2. The van der Waals surface area contributed by atoms with Gasteiger partial charge in [-0.25, -0.2) is 0 Å². The number of carbonyl (C=O) groups is 2. The summed E-state index contributed by atoms with van der Waals surface area (Å²) in [7, 11) is 0.